The second-order valence-electron chi connectivity index (χ2n) is 6.94. The van der Waals surface area contributed by atoms with E-state index in [-0.39, 0.29) is 4.90 Å². The summed E-state index contributed by atoms with van der Waals surface area (Å²) >= 11 is 0. The molecule has 1 aromatic carbocycles. The zero-order valence-corrected chi connectivity index (χ0v) is 16.7. The molecular weight excluding hydrogens is 376 g/mol. The van der Waals surface area contributed by atoms with Gasteiger partial charge in [0.1, 0.15) is 12.1 Å². The zero-order valence-electron chi connectivity index (χ0n) is 15.9. The molecule has 0 bridgehead atoms. The molecule has 4 rings (SSSR count). The number of likely N-dealkylation sites (N-methyl/N-ethyl adjacent to an activating group) is 1. The maximum Gasteiger partial charge on any atom is 0.175 e. The third-order valence-corrected chi connectivity index (χ3v) is 5.94. The molecule has 1 aliphatic rings. The van der Waals surface area contributed by atoms with Crippen molar-refractivity contribution in [3.05, 3.63) is 48.8 Å². The molecule has 3 aromatic rings. The van der Waals surface area contributed by atoms with Crippen LogP contribution in [0.4, 0.5) is 5.82 Å². The van der Waals surface area contributed by atoms with Crippen molar-refractivity contribution in [2.45, 2.75) is 4.90 Å². The maximum atomic E-state index is 11.9. The molecule has 0 atom stereocenters. The summed E-state index contributed by atoms with van der Waals surface area (Å²) in [5, 5.41) is 4.32. The monoisotopic (exact) mass is 398 g/mol. The van der Waals surface area contributed by atoms with Gasteiger partial charge in [-0.3, -0.25) is 0 Å². The van der Waals surface area contributed by atoms with Crippen molar-refractivity contribution in [1.82, 2.24) is 24.6 Å². The smallest absolute Gasteiger partial charge is 0.175 e. The molecular formula is C19H22N6O2S. The fourth-order valence-corrected chi connectivity index (χ4v) is 3.88. The number of benzene rings is 1. The van der Waals surface area contributed by atoms with Gasteiger partial charge in [0.15, 0.2) is 21.5 Å². The normalized spacial score (nSPS) is 15.7. The minimum Gasteiger partial charge on any atom is -0.354 e. The van der Waals surface area contributed by atoms with Gasteiger partial charge in [0, 0.05) is 38.0 Å². The van der Waals surface area contributed by atoms with Gasteiger partial charge in [0.25, 0.3) is 0 Å². The molecule has 8 nitrogen and oxygen atoms in total. The third-order valence-electron chi connectivity index (χ3n) is 4.83. The van der Waals surface area contributed by atoms with E-state index in [0.717, 1.165) is 32.0 Å². The lowest BCUT2D eigenvalue weighted by atomic mass is 10.2. The van der Waals surface area contributed by atoms with E-state index in [0.29, 0.717) is 17.2 Å². The Morgan fingerprint density at radius 3 is 2.43 bits per heavy atom. The molecule has 9 heteroatoms. The minimum absolute atomic E-state index is 0.249. The zero-order chi connectivity index (χ0) is 19.7. The number of aromatic nitrogens is 4. The van der Waals surface area contributed by atoms with Crippen molar-refractivity contribution in [1.29, 1.82) is 0 Å². The number of pyridine rings is 1. The van der Waals surface area contributed by atoms with E-state index >= 15 is 0 Å². The Morgan fingerprint density at radius 2 is 1.68 bits per heavy atom. The first-order valence-corrected chi connectivity index (χ1v) is 10.9. The Balaban J connectivity index is 1.69. The summed E-state index contributed by atoms with van der Waals surface area (Å²) in [5.41, 5.74) is 0.673. The van der Waals surface area contributed by atoms with Gasteiger partial charge in [-0.15, -0.1) is 0 Å². The summed E-state index contributed by atoms with van der Waals surface area (Å²) in [7, 11) is -1.18. The van der Waals surface area contributed by atoms with E-state index < -0.39 is 9.84 Å². The van der Waals surface area contributed by atoms with E-state index in [4.69, 9.17) is 4.98 Å². The molecule has 146 valence electrons. The molecule has 0 N–H and O–H groups in total. The first-order valence-electron chi connectivity index (χ1n) is 9.03. The highest BCUT2D eigenvalue weighted by Crippen LogP contribution is 2.23. The second kappa shape index (κ2) is 7.33. The SMILES string of the molecule is CN1CCN(c2cccc(-n3ncnc3-c3cccc(S(C)(=O)=O)c3)n2)CC1. The number of nitrogens with zero attached hydrogens (tertiary/aromatic N) is 6. The van der Waals surface area contributed by atoms with E-state index in [1.807, 2.05) is 24.3 Å². The number of hydrogen-bond acceptors (Lipinski definition) is 7. The van der Waals surface area contributed by atoms with Crippen LogP contribution in [0, 0.1) is 0 Å². The Hall–Kier alpha value is -2.78. The number of anilines is 1. The Labute approximate surface area is 164 Å². The molecule has 2 aromatic heterocycles. The summed E-state index contributed by atoms with van der Waals surface area (Å²) in [6.45, 7) is 3.85. The highest BCUT2D eigenvalue weighted by atomic mass is 32.2. The molecule has 0 saturated carbocycles. The van der Waals surface area contributed by atoms with Crippen LogP contribution >= 0.6 is 0 Å². The van der Waals surface area contributed by atoms with Gasteiger partial charge in [-0.2, -0.15) is 9.78 Å². The molecule has 1 saturated heterocycles. The average Bonchev–Trinajstić information content (AvgIpc) is 3.18. The molecule has 0 amide bonds. The van der Waals surface area contributed by atoms with Gasteiger partial charge in [-0.1, -0.05) is 18.2 Å². The fourth-order valence-electron chi connectivity index (χ4n) is 3.21. The van der Waals surface area contributed by atoms with Gasteiger partial charge >= 0.3 is 0 Å². The summed E-state index contributed by atoms with van der Waals surface area (Å²) < 4.78 is 25.4. The van der Waals surface area contributed by atoms with Crippen LogP contribution in [0.1, 0.15) is 0 Å². The third kappa shape index (κ3) is 3.76. The summed E-state index contributed by atoms with van der Waals surface area (Å²) in [6, 6.07) is 12.5. The number of sulfone groups is 1. The van der Waals surface area contributed by atoms with Crippen LogP contribution < -0.4 is 4.90 Å². The van der Waals surface area contributed by atoms with Crippen molar-refractivity contribution < 1.29 is 8.42 Å². The van der Waals surface area contributed by atoms with Crippen LogP contribution in [0.2, 0.25) is 0 Å². The number of rotatable bonds is 4. The van der Waals surface area contributed by atoms with Crippen molar-refractivity contribution in [2.24, 2.45) is 0 Å². The predicted molar refractivity (Wildman–Crippen MR) is 107 cm³/mol. The van der Waals surface area contributed by atoms with Crippen molar-refractivity contribution >= 4 is 15.7 Å². The summed E-state index contributed by atoms with van der Waals surface area (Å²) in [5.74, 6) is 2.10. The molecule has 28 heavy (non-hydrogen) atoms. The summed E-state index contributed by atoms with van der Waals surface area (Å²) in [4.78, 5) is 13.9. The topological polar surface area (TPSA) is 84.2 Å². The van der Waals surface area contributed by atoms with Gasteiger partial charge in [0.2, 0.25) is 0 Å². The Morgan fingerprint density at radius 1 is 0.964 bits per heavy atom. The molecule has 1 fully saturated rings. The highest BCUT2D eigenvalue weighted by molar-refractivity contribution is 7.90. The maximum absolute atomic E-state index is 11.9. The van der Waals surface area contributed by atoms with Gasteiger partial charge < -0.3 is 9.80 Å². The summed E-state index contributed by atoms with van der Waals surface area (Å²) in [6.07, 6.45) is 2.64. The van der Waals surface area contributed by atoms with Gasteiger partial charge in [-0.25, -0.2) is 18.4 Å². The van der Waals surface area contributed by atoms with Crippen LogP contribution in [0.5, 0.6) is 0 Å². The van der Waals surface area contributed by atoms with E-state index in [1.54, 1.807) is 22.9 Å². The quantitative estimate of drug-likeness (QED) is 0.658. The number of hydrogen-bond donors (Lipinski definition) is 0. The lowest BCUT2D eigenvalue weighted by Gasteiger charge is -2.33. The van der Waals surface area contributed by atoms with Crippen molar-refractivity contribution in [3.8, 4) is 17.2 Å². The van der Waals surface area contributed by atoms with Crippen LogP contribution in [0.25, 0.3) is 17.2 Å². The first kappa shape index (κ1) is 18.6. The molecule has 3 heterocycles. The number of piperazine rings is 1. The van der Waals surface area contributed by atoms with Crippen molar-refractivity contribution in [2.75, 3.05) is 44.4 Å². The van der Waals surface area contributed by atoms with E-state index in [9.17, 15) is 8.42 Å². The average molecular weight is 398 g/mol. The fraction of sp³-hybridized carbons (Fsp3) is 0.316. The standard InChI is InChI=1S/C19H22N6O2S/c1-23-9-11-24(12-10-23)17-7-4-8-18(22-17)25-19(20-14-21-25)15-5-3-6-16(13-15)28(2,26)27/h3-8,13-14H,9-12H2,1-2H3. The van der Waals surface area contributed by atoms with Gasteiger partial charge in [-0.05, 0) is 31.3 Å². The lowest BCUT2D eigenvalue weighted by molar-refractivity contribution is 0.312. The molecule has 0 aliphatic carbocycles. The first-order chi connectivity index (χ1) is 13.4. The van der Waals surface area contributed by atoms with E-state index in [2.05, 4.69) is 26.9 Å². The van der Waals surface area contributed by atoms with E-state index in [1.165, 1.54) is 12.6 Å². The minimum atomic E-state index is -3.30. The molecule has 0 radical (unpaired) electrons. The molecule has 0 unspecified atom stereocenters. The second-order valence-corrected chi connectivity index (χ2v) is 8.96. The molecule has 0 spiro atoms. The van der Waals surface area contributed by atoms with Crippen LogP contribution in [-0.2, 0) is 9.84 Å². The van der Waals surface area contributed by atoms with Crippen LogP contribution in [-0.4, -0.2) is 72.5 Å². The Bertz CT molecular complexity index is 1090. The largest absolute Gasteiger partial charge is 0.354 e. The van der Waals surface area contributed by atoms with Crippen LogP contribution in [0.15, 0.2) is 53.7 Å². The van der Waals surface area contributed by atoms with Crippen LogP contribution in [0.3, 0.4) is 0 Å². The highest BCUT2D eigenvalue weighted by Gasteiger charge is 2.17. The van der Waals surface area contributed by atoms with Gasteiger partial charge in [0.05, 0.1) is 4.90 Å². The van der Waals surface area contributed by atoms with Crippen molar-refractivity contribution in [3.63, 3.8) is 0 Å². The predicted octanol–water partition coefficient (Wildman–Crippen LogP) is 1.48. The molecule has 1 aliphatic heterocycles. The lowest BCUT2D eigenvalue weighted by Crippen LogP contribution is -2.44. The Kier molecular flexibility index (Phi) is 4.86.